The van der Waals surface area contributed by atoms with E-state index in [1.54, 1.807) is 18.2 Å². The van der Waals surface area contributed by atoms with Crippen molar-refractivity contribution >= 4 is 15.8 Å². The van der Waals surface area contributed by atoms with Crippen LogP contribution in [0.1, 0.15) is 11.5 Å². The minimum Gasteiger partial charge on any atom is -0.481 e. The van der Waals surface area contributed by atoms with Gasteiger partial charge in [0.25, 0.3) is 0 Å². The van der Waals surface area contributed by atoms with E-state index in [1.807, 2.05) is 0 Å². The summed E-state index contributed by atoms with van der Waals surface area (Å²) in [5.74, 6) is -2.52. The predicted molar refractivity (Wildman–Crippen MR) is 88.5 cm³/mol. The zero-order valence-corrected chi connectivity index (χ0v) is 14.2. The Hall–Kier alpha value is -2.25. The zero-order chi connectivity index (χ0) is 18.2. The molecule has 2 aromatic rings. The maximum absolute atomic E-state index is 13.2. The fraction of sp³-hybridized carbons (Fsp3) is 0.278. The molecule has 1 fully saturated rings. The minimum atomic E-state index is -3.90. The lowest BCUT2D eigenvalue weighted by Gasteiger charge is -2.12. The van der Waals surface area contributed by atoms with E-state index >= 15 is 0 Å². The predicted octanol–water partition coefficient (Wildman–Crippen LogP) is 2.48. The quantitative estimate of drug-likeness (QED) is 0.852. The molecular weight excluding hydrogens is 347 g/mol. The van der Waals surface area contributed by atoms with E-state index < -0.39 is 38.2 Å². The molecule has 0 aliphatic heterocycles. The number of methoxy groups -OCH3 is 1. The molecule has 25 heavy (non-hydrogen) atoms. The normalized spacial score (nSPS) is 25.5. The second-order valence-electron chi connectivity index (χ2n) is 6.09. The lowest BCUT2D eigenvalue weighted by atomic mass is 10.00. The van der Waals surface area contributed by atoms with E-state index in [1.165, 1.54) is 43.5 Å². The summed E-state index contributed by atoms with van der Waals surface area (Å²) >= 11 is 0. The lowest BCUT2D eigenvalue weighted by molar-refractivity contribution is -0.145. The molecule has 0 heterocycles. The van der Waals surface area contributed by atoms with Crippen molar-refractivity contribution in [3.63, 3.8) is 0 Å². The third-order valence-electron chi connectivity index (χ3n) is 4.67. The summed E-state index contributed by atoms with van der Waals surface area (Å²) in [7, 11) is -2.57. The monoisotopic (exact) mass is 364 g/mol. The van der Waals surface area contributed by atoms with Gasteiger partial charge >= 0.3 is 5.97 Å². The van der Waals surface area contributed by atoms with Gasteiger partial charge in [-0.2, -0.15) is 0 Å². The topological polar surface area (TPSA) is 80.7 Å². The molecule has 7 heteroatoms. The highest BCUT2D eigenvalue weighted by molar-refractivity contribution is 7.92. The van der Waals surface area contributed by atoms with Crippen molar-refractivity contribution in [3.05, 3.63) is 66.0 Å². The molecule has 0 amide bonds. The number of aliphatic carboxylic acids is 1. The number of carboxylic acid groups (broad SMARTS) is 1. The van der Waals surface area contributed by atoms with Crippen molar-refractivity contribution in [2.45, 2.75) is 16.1 Å². The maximum Gasteiger partial charge on any atom is 0.314 e. The number of benzene rings is 2. The molecule has 1 N–H and O–H groups in total. The Morgan fingerprint density at radius 2 is 1.76 bits per heavy atom. The van der Waals surface area contributed by atoms with Crippen LogP contribution in [0.2, 0.25) is 0 Å². The molecule has 1 saturated carbocycles. The van der Waals surface area contributed by atoms with Crippen LogP contribution in [0.5, 0.6) is 0 Å². The Balaban J connectivity index is 2.12. The minimum absolute atomic E-state index is 0.0614. The number of rotatable bonds is 6. The fourth-order valence-corrected chi connectivity index (χ4v) is 5.87. The van der Waals surface area contributed by atoms with Crippen molar-refractivity contribution in [2.24, 2.45) is 5.41 Å². The van der Waals surface area contributed by atoms with Crippen LogP contribution in [0, 0.1) is 11.2 Å². The molecule has 3 rings (SSSR count). The number of halogens is 1. The Kier molecular flexibility index (Phi) is 4.38. The Morgan fingerprint density at radius 3 is 2.28 bits per heavy atom. The van der Waals surface area contributed by atoms with Crippen LogP contribution >= 0.6 is 0 Å². The molecule has 1 aliphatic rings. The van der Waals surface area contributed by atoms with Crippen molar-refractivity contribution in [2.75, 3.05) is 13.7 Å². The van der Waals surface area contributed by atoms with Gasteiger partial charge < -0.3 is 9.84 Å². The summed E-state index contributed by atoms with van der Waals surface area (Å²) in [6, 6.07) is 13.0. The van der Waals surface area contributed by atoms with Crippen LogP contribution in [0.3, 0.4) is 0 Å². The second kappa shape index (κ2) is 6.24. The molecule has 0 bridgehead atoms. The van der Waals surface area contributed by atoms with Gasteiger partial charge in [-0.15, -0.1) is 0 Å². The molecule has 0 aromatic heterocycles. The van der Waals surface area contributed by atoms with Crippen molar-refractivity contribution < 1.29 is 27.4 Å². The van der Waals surface area contributed by atoms with Crippen molar-refractivity contribution in [1.29, 1.82) is 0 Å². The van der Waals surface area contributed by atoms with Gasteiger partial charge in [-0.05, 0) is 29.8 Å². The molecule has 132 valence electrons. The third kappa shape index (κ3) is 2.73. The number of carbonyl (C=O) groups is 1. The smallest absolute Gasteiger partial charge is 0.314 e. The highest BCUT2D eigenvalue weighted by Crippen LogP contribution is 2.64. The average Bonchev–Trinajstić information content (AvgIpc) is 3.28. The van der Waals surface area contributed by atoms with E-state index in [0.29, 0.717) is 5.56 Å². The van der Waals surface area contributed by atoms with Gasteiger partial charge in [0.15, 0.2) is 9.84 Å². The SMILES string of the molecule is COC[C@]1(C(=O)O)[C@@H](c2ccc(F)cc2)[C@@H]1S(=O)(=O)c1ccccc1. The number of hydrogen-bond donors (Lipinski definition) is 1. The summed E-state index contributed by atoms with van der Waals surface area (Å²) < 4.78 is 44.3. The van der Waals surface area contributed by atoms with Gasteiger partial charge in [-0.3, -0.25) is 4.79 Å². The van der Waals surface area contributed by atoms with Gasteiger partial charge in [-0.25, -0.2) is 12.8 Å². The largest absolute Gasteiger partial charge is 0.481 e. The van der Waals surface area contributed by atoms with Crippen LogP contribution in [0.25, 0.3) is 0 Å². The van der Waals surface area contributed by atoms with Crippen LogP contribution < -0.4 is 0 Å². The molecule has 5 nitrogen and oxygen atoms in total. The first-order valence-corrected chi connectivity index (χ1v) is 9.17. The first kappa shape index (κ1) is 17.6. The number of sulfone groups is 1. The van der Waals surface area contributed by atoms with Gasteiger partial charge in [0.1, 0.15) is 11.2 Å². The summed E-state index contributed by atoms with van der Waals surface area (Å²) in [4.78, 5) is 12.1. The Bertz CT molecular complexity index is 879. The van der Waals surface area contributed by atoms with Gasteiger partial charge in [0, 0.05) is 13.0 Å². The van der Waals surface area contributed by atoms with Crippen LogP contribution in [-0.4, -0.2) is 38.5 Å². The molecule has 0 saturated heterocycles. The standard InChI is InChI=1S/C18H17FO5S/c1-24-11-18(17(20)21)15(12-7-9-13(19)10-8-12)16(18)25(22,23)14-5-3-2-4-6-14/h2-10,15-16H,11H2,1H3,(H,20,21)/t15-,16-,18-/m0/s1. The Labute approximate surface area is 145 Å². The van der Waals surface area contributed by atoms with Crippen LogP contribution in [-0.2, 0) is 19.4 Å². The average molecular weight is 364 g/mol. The highest BCUT2D eigenvalue weighted by atomic mass is 32.2. The van der Waals surface area contributed by atoms with E-state index in [4.69, 9.17) is 4.74 Å². The zero-order valence-electron chi connectivity index (χ0n) is 13.4. The molecule has 1 aliphatic carbocycles. The summed E-state index contributed by atoms with van der Waals surface area (Å²) in [6.07, 6.45) is 0. The number of carboxylic acids is 1. The highest BCUT2D eigenvalue weighted by Gasteiger charge is 2.76. The second-order valence-corrected chi connectivity index (χ2v) is 8.16. The maximum atomic E-state index is 13.2. The first-order chi connectivity index (χ1) is 11.9. The molecule has 0 unspecified atom stereocenters. The van der Waals surface area contributed by atoms with E-state index in [-0.39, 0.29) is 11.5 Å². The van der Waals surface area contributed by atoms with Crippen LogP contribution in [0.4, 0.5) is 4.39 Å². The van der Waals surface area contributed by atoms with E-state index in [0.717, 1.165) is 0 Å². The molecule has 3 atom stereocenters. The fourth-order valence-electron chi connectivity index (χ4n) is 3.49. The van der Waals surface area contributed by atoms with E-state index in [9.17, 15) is 22.7 Å². The van der Waals surface area contributed by atoms with Gasteiger partial charge in [-0.1, -0.05) is 30.3 Å². The third-order valence-corrected chi connectivity index (χ3v) is 6.96. The molecular formula is C18H17FO5S. The summed E-state index contributed by atoms with van der Waals surface area (Å²) in [5, 5.41) is 8.61. The van der Waals surface area contributed by atoms with E-state index in [2.05, 4.69) is 0 Å². The van der Waals surface area contributed by atoms with Crippen molar-refractivity contribution in [1.82, 2.24) is 0 Å². The number of ether oxygens (including phenoxy) is 1. The summed E-state index contributed by atoms with van der Waals surface area (Å²) in [5.41, 5.74) is -1.13. The van der Waals surface area contributed by atoms with Crippen LogP contribution in [0.15, 0.2) is 59.5 Å². The molecule has 2 aromatic carbocycles. The van der Waals surface area contributed by atoms with Crippen molar-refractivity contribution in [3.8, 4) is 0 Å². The summed E-state index contributed by atoms with van der Waals surface area (Å²) in [6.45, 7) is -0.249. The molecule has 0 spiro atoms. The molecule has 0 radical (unpaired) electrons. The Morgan fingerprint density at radius 1 is 1.16 bits per heavy atom. The first-order valence-electron chi connectivity index (χ1n) is 7.62. The van der Waals surface area contributed by atoms with Gasteiger partial charge in [0.2, 0.25) is 0 Å². The van der Waals surface area contributed by atoms with Gasteiger partial charge in [0.05, 0.1) is 16.8 Å². The number of hydrogen-bond acceptors (Lipinski definition) is 4. The lowest BCUT2D eigenvalue weighted by Crippen LogP contribution is -2.28.